The standard InChI is InChI=1S/C12H16ClNO3/c1-15-8-3-4-10(11(5-8)16-2)12-14-7-9(6-13)17-12/h3-5,9,12,14H,6-7H2,1-2H3/p+1/t9-,12+/m0/s1. The molecule has 0 saturated carbocycles. The number of nitrogens with two attached hydrogens (primary N) is 1. The second-order valence-electron chi connectivity index (χ2n) is 3.91. The summed E-state index contributed by atoms with van der Waals surface area (Å²) in [6.45, 7) is 0.878. The van der Waals surface area contributed by atoms with Crippen molar-refractivity contribution in [1.29, 1.82) is 0 Å². The third-order valence-corrected chi connectivity index (χ3v) is 3.22. The first-order valence-electron chi connectivity index (χ1n) is 5.55. The number of hydrogen-bond donors (Lipinski definition) is 1. The van der Waals surface area contributed by atoms with Crippen LogP contribution in [-0.4, -0.2) is 32.7 Å². The fourth-order valence-electron chi connectivity index (χ4n) is 1.95. The van der Waals surface area contributed by atoms with E-state index in [0.29, 0.717) is 5.88 Å². The van der Waals surface area contributed by atoms with E-state index in [4.69, 9.17) is 25.8 Å². The molecule has 0 bridgehead atoms. The summed E-state index contributed by atoms with van der Waals surface area (Å²) < 4.78 is 16.3. The molecule has 1 aromatic rings. The molecule has 1 saturated heterocycles. The van der Waals surface area contributed by atoms with Crippen LogP contribution in [0.4, 0.5) is 0 Å². The van der Waals surface area contributed by atoms with Crippen molar-refractivity contribution >= 4 is 11.6 Å². The summed E-state index contributed by atoms with van der Waals surface area (Å²) >= 11 is 5.79. The lowest BCUT2D eigenvalue weighted by atomic mass is 10.1. The minimum Gasteiger partial charge on any atom is -0.497 e. The van der Waals surface area contributed by atoms with Crippen LogP contribution in [0.15, 0.2) is 18.2 Å². The van der Waals surface area contributed by atoms with Gasteiger partial charge in [0.2, 0.25) is 6.23 Å². The first-order chi connectivity index (χ1) is 8.28. The third kappa shape index (κ3) is 2.65. The fourth-order valence-corrected chi connectivity index (χ4v) is 2.15. The molecule has 0 aliphatic carbocycles. The molecule has 2 N–H and O–H groups in total. The molecule has 2 rings (SSSR count). The molecule has 1 aromatic carbocycles. The summed E-state index contributed by atoms with van der Waals surface area (Å²) in [5.74, 6) is 2.07. The van der Waals surface area contributed by atoms with E-state index in [1.54, 1.807) is 14.2 Å². The number of benzene rings is 1. The zero-order valence-electron chi connectivity index (χ0n) is 9.98. The van der Waals surface area contributed by atoms with Crippen LogP contribution in [0.1, 0.15) is 11.8 Å². The van der Waals surface area contributed by atoms with E-state index in [9.17, 15) is 0 Å². The Morgan fingerprint density at radius 2 is 2.24 bits per heavy atom. The van der Waals surface area contributed by atoms with Gasteiger partial charge in [0.15, 0.2) is 0 Å². The molecule has 94 valence electrons. The molecule has 1 fully saturated rings. The molecule has 0 amide bonds. The third-order valence-electron chi connectivity index (χ3n) is 2.87. The Hall–Kier alpha value is -0.970. The normalized spacial score (nSPS) is 23.7. The molecule has 4 nitrogen and oxygen atoms in total. The summed E-state index contributed by atoms with van der Waals surface area (Å²) in [6, 6.07) is 5.74. The number of methoxy groups -OCH3 is 2. The van der Waals surface area contributed by atoms with Gasteiger partial charge in [-0.3, -0.25) is 0 Å². The van der Waals surface area contributed by atoms with Gasteiger partial charge in [0.05, 0.1) is 25.7 Å². The fraction of sp³-hybridized carbons (Fsp3) is 0.500. The molecule has 1 aliphatic rings. The van der Waals surface area contributed by atoms with Crippen molar-refractivity contribution in [2.24, 2.45) is 0 Å². The van der Waals surface area contributed by atoms with E-state index >= 15 is 0 Å². The lowest BCUT2D eigenvalue weighted by Crippen LogP contribution is -2.82. The van der Waals surface area contributed by atoms with E-state index in [-0.39, 0.29) is 12.3 Å². The van der Waals surface area contributed by atoms with Crippen LogP contribution in [-0.2, 0) is 4.74 Å². The largest absolute Gasteiger partial charge is 0.497 e. The number of ether oxygens (including phenoxy) is 3. The molecule has 1 heterocycles. The molecule has 2 atom stereocenters. The molecular formula is C12H17ClNO3+. The molecule has 0 spiro atoms. The highest BCUT2D eigenvalue weighted by Crippen LogP contribution is 2.30. The molecule has 0 aromatic heterocycles. The van der Waals surface area contributed by atoms with Gasteiger partial charge in [-0.2, -0.15) is 0 Å². The Balaban J connectivity index is 2.20. The number of alkyl halides is 1. The number of hydrogen-bond acceptors (Lipinski definition) is 3. The van der Waals surface area contributed by atoms with E-state index in [1.807, 2.05) is 18.2 Å². The summed E-state index contributed by atoms with van der Waals surface area (Å²) in [5, 5.41) is 2.12. The summed E-state index contributed by atoms with van der Waals surface area (Å²) in [6.07, 6.45) is 0.0630. The minimum absolute atomic E-state index is 0.0420. The van der Waals surface area contributed by atoms with Gasteiger partial charge in [-0.25, -0.2) is 0 Å². The first-order valence-corrected chi connectivity index (χ1v) is 6.08. The highest BCUT2D eigenvalue weighted by atomic mass is 35.5. The molecule has 17 heavy (non-hydrogen) atoms. The second-order valence-corrected chi connectivity index (χ2v) is 4.22. The van der Waals surface area contributed by atoms with Crippen LogP contribution in [0.5, 0.6) is 11.5 Å². The lowest BCUT2D eigenvalue weighted by Gasteiger charge is -2.13. The van der Waals surface area contributed by atoms with Crippen LogP contribution in [0.3, 0.4) is 0 Å². The van der Waals surface area contributed by atoms with Crippen molar-refractivity contribution < 1.29 is 19.5 Å². The van der Waals surface area contributed by atoms with Crippen LogP contribution in [0.25, 0.3) is 0 Å². The highest BCUT2D eigenvalue weighted by Gasteiger charge is 2.31. The van der Waals surface area contributed by atoms with Gasteiger partial charge in [-0.15, -0.1) is 11.6 Å². The second kappa shape index (κ2) is 5.58. The predicted octanol–water partition coefficient (Wildman–Crippen LogP) is 0.903. The van der Waals surface area contributed by atoms with Crippen molar-refractivity contribution in [3.05, 3.63) is 23.8 Å². The van der Waals surface area contributed by atoms with Crippen molar-refractivity contribution in [2.75, 3.05) is 26.6 Å². The highest BCUT2D eigenvalue weighted by molar-refractivity contribution is 6.18. The van der Waals surface area contributed by atoms with E-state index in [2.05, 4.69) is 5.32 Å². The van der Waals surface area contributed by atoms with E-state index < -0.39 is 0 Å². The quantitative estimate of drug-likeness (QED) is 0.817. The smallest absolute Gasteiger partial charge is 0.221 e. The monoisotopic (exact) mass is 258 g/mol. The SMILES string of the molecule is COc1ccc([C@@H]2[NH2+]C[C@H](CCl)O2)c(OC)c1. The van der Waals surface area contributed by atoms with Gasteiger partial charge < -0.3 is 19.5 Å². The Morgan fingerprint density at radius 3 is 2.82 bits per heavy atom. The Bertz CT molecular complexity index is 386. The average Bonchev–Trinajstić information content (AvgIpc) is 2.86. The topological polar surface area (TPSA) is 44.3 Å². The van der Waals surface area contributed by atoms with Gasteiger partial charge in [0, 0.05) is 6.07 Å². The molecule has 5 heteroatoms. The zero-order chi connectivity index (χ0) is 12.3. The van der Waals surface area contributed by atoms with Crippen molar-refractivity contribution in [1.82, 2.24) is 0 Å². The predicted molar refractivity (Wildman–Crippen MR) is 64.7 cm³/mol. The minimum atomic E-state index is -0.0420. The van der Waals surface area contributed by atoms with Crippen LogP contribution < -0.4 is 14.8 Å². The van der Waals surface area contributed by atoms with Crippen LogP contribution in [0.2, 0.25) is 0 Å². The van der Waals surface area contributed by atoms with Crippen molar-refractivity contribution in [3.8, 4) is 11.5 Å². The maximum Gasteiger partial charge on any atom is 0.221 e. The van der Waals surface area contributed by atoms with Gasteiger partial charge >= 0.3 is 0 Å². The summed E-state index contributed by atoms with van der Waals surface area (Å²) in [7, 11) is 3.28. The lowest BCUT2D eigenvalue weighted by molar-refractivity contribution is -0.698. The summed E-state index contributed by atoms with van der Waals surface area (Å²) in [5.41, 5.74) is 1.01. The number of rotatable bonds is 4. The zero-order valence-corrected chi connectivity index (χ0v) is 10.7. The number of halogens is 1. The molecule has 0 radical (unpaired) electrons. The Morgan fingerprint density at radius 1 is 1.41 bits per heavy atom. The van der Waals surface area contributed by atoms with Gasteiger partial charge in [-0.1, -0.05) is 0 Å². The van der Waals surface area contributed by atoms with Crippen molar-refractivity contribution in [3.63, 3.8) is 0 Å². The van der Waals surface area contributed by atoms with Crippen molar-refractivity contribution in [2.45, 2.75) is 12.3 Å². The first kappa shape index (κ1) is 12.5. The Labute approximate surface area is 106 Å². The molecule has 1 aliphatic heterocycles. The van der Waals surface area contributed by atoms with Crippen LogP contribution in [0, 0.1) is 0 Å². The van der Waals surface area contributed by atoms with E-state index in [1.165, 1.54) is 0 Å². The maximum absolute atomic E-state index is 5.80. The average molecular weight is 259 g/mol. The maximum atomic E-state index is 5.80. The molecule has 0 unspecified atom stereocenters. The Kier molecular flexibility index (Phi) is 4.10. The molecular weight excluding hydrogens is 242 g/mol. The van der Waals surface area contributed by atoms with Crippen LogP contribution >= 0.6 is 11.6 Å². The number of quaternary nitrogens is 1. The summed E-state index contributed by atoms with van der Waals surface area (Å²) in [4.78, 5) is 0. The van der Waals surface area contributed by atoms with Gasteiger partial charge in [0.25, 0.3) is 0 Å². The van der Waals surface area contributed by atoms with E-state index in [0.717, 1.165) is 23.6 Å². The van der Waals surface area contributed by atoms with Gasteiger partial charge in [-0.05, 0) is 12.1 Å². The van der Waals surface area contributed by atoms with Gasteiger partial charge in [0.1, 0.15) is 24.1 Å².